The Bertz CT molecular complexity index is 1050. The summed E-state index contributed by atoms with van der Waals surface area (Å²) in [6.45, 7) is 1.89. The summed E-state index contributed by atoms with van der Waals surface area (Å²) in [6, 6.07) is 17.4. The minimum atomic E-state index is -0.672. The van der Waals surface area contributed by atoms with Crippen LogP contribution in [0.15, 0.2) is 68.6 Å². The smallest absolute Gasteiger partial charge is 0.281 e. The van der Waals surface area contributed by atoms with E-state index in [1.165, 1.54) is 0 Å². The van der Waals surface area contributed by atoms with E-state index in [0.29, 0.717) is 17.9 Å². The van der Waals surface area contributed by atoms with Crippen molar-refractivity contribution < 1.29 is 14.3 Å². The Labute approximate surface area is 186 Å². The number of halogens is 2. The molecular weight excluding hydrogens is 500 g/mol. The van der Waals surface area contributed by atoms with Gasteiger partial charge in [-0.2, -0.15) is 5.10 Å². The van der Waals surface area contributed by atoms with Crippen LogP contribution in [0.5, 0.6) is 11.5 Å². The normalized spacial score (nSPS) is 12.1. The molecule has 150 valence electrons. The first-order valence-electron chi connectivity index (χ1n) is 9.03. The number of hydrogen-bond donors (Lipinski definition) is 1. The largest absolute Gasteiger partial charge is 0.496 e. The zero-order valence-corrected chi connectivity index (χ0v) is 19.2. The first-order chi connectivity index (χ1) is 14.0. The van der Waals surface area contributed by atoms with Gasteiger partial charge in [0.05, 0.1) is 17.8 Å². The topological polar surface area (TPSA) is 59.9 Å². The maximum Gasteiger partial charge on any atom is 0.281 e. The predicted octanol–water partition coefficient (Wildman–Crippen LogP) is 5.68. The highest BCUT2D eigenvalue weighted by Gasteiger charge is 2.19. The molecule has 0 aliphatic heterocycles. The molecule has 0 aliphatic carbocycles. The summed E-state index contributed by atoms with van der Waals surface area (Å²) in [5.41, 5.74) is 3.29. The molecule has 0 bridgehead atoms. The van der Waals surface area contributed by atoms with Gasteiger partial charge < -0.3 is 9.47 Å². The summed E-state index contributed by atoms with van der Waals surface area (Å²) >= 11 is 7.00. The van der Waals surface area contributed by atoms with Crippen LogP contribution in [0.2, 0.25) is 0 Å². The number of carbonyl (C=O) groups is 1. The number of benzene rings is 3. The summed E-state index contributed by atoms with van der Waals surface area (Å²) in [5.74, 6) is 0.954. The number of carbonyl (C=O) groups excluding carboxylic acids is 1. The van der Waals surface area contributed by atoms with Gasteiger partial charge in [0.15, 0.2) is 6.10 Å². The van der Waals surface area contributed by atoms with Gasteiger partial charge in [0.1, 0.15) is 11.5 Å². The molecule has 3 aromatic carbocycles. The second kappa shape index (κ2) is 9.89. The van der Waals surface area contributed by atoms with E-state index in [4.69, 9.17) is 9.47 Å². The van der Waals surface area contributed by atoms with Crippen molar-refractivity contribution in [3.63, 3.8) is 0 Å². The lowest BCUT2D eigenvalue weighted by Crippen LogP contribution is -2.35. The number of hydrogen-bond acceptors (Lipinski definition) is 4. The first-order valence-corrected chi connectivity index (χ1v) is 10.6. The van der Waals surface area contributed by atoms with E-state index < -0.39 is 6.10 Å². The average molecular weight is 520 g/mol. The van der Waals surface area contributed by atoms with Gasteiger partial charge in [0.2, 0.25) is 0 Å². The molecule has 0 saturated carbocycles. The zero-order chi connectivity index (χ0) is 20.8. The van der Waals surface area contributed by atoms with Crippen molar-refractivity contribution in [3.8, 4) is 11.5 Å². The van der Waals surface area contributed by atoms with Gasteiger partial charge in [-0.1, -0.05) is 53.2 Å². The SMILES string of the molecule is CCC(Oc1ccc2ccccc2c1Br)C(=O)N/N=C/c1cc(Br)ccc1OC. The molecule has 3 rings (SSSR count). The lowest BCUT2D eigenvalue weighted by atomic mass is 10.1. The highest BCUT2D eigenvalue weighted by atomic mass is 79.9. The zero-order valence-electron chi connectivity index (χ0n) is 16.0. The number of hydrazone groups is 1. The van der Waals surface area contributed by atoms with Crippen molar-refractivity contribution in [3.05, 3.63) is 69.1 Å². The van der Waals surface area contributed by atoms with Gasteiger partial charge in [-0.15, -0.1) is 0 Å². The highest BCUT2D eigenvalue weighted by molar-refractivity contribution is 9.11. The third-order valence-corrected chi connectivity index (χ3v) is 5.64. The minimum absolute atomic E-state index is 0.322. The molecule has 0 saturated heterocycles. The molecule has 29 heavy (non-hydrogen) atoms. The minimum Gasteiger partial charge on any atom is -0.496 e. The molecular formula is C22H20Br2N2O3. The fraction of sp³-hybridized carbons (Fsp3) is 0.182. The number of rotatable bonds is 7. The van der Waals surface area contributed by atoms with Gasteiger partial charge in [0, 0.05) is 10.0 Å². The van der Waals surface area contributed by atoms with Crippen molar-refractivity contribution in [2.45, 2.75) is 19.4 Å². The Morgan fingerprint density at radius 3 is 2.66 bits per heavy atom. The molecule has 0 radical (unpaired) electrons. The van der Waals surface area contributed by atoms with Crippen molar-refractivity contribution in [1.29, 1.82) is 0 Å². The van der Waals surface area contributed by atoms with Crippen molar-refractivity contribution in [2.24, 2.45) is 5.10 Å². The maximum atomic E-state index is 12.6. The number of amides is 1. The molecule has 5 nitrogen and oxygen atoms in total. The third-order valence-electron chi connectivity index (χ3n) is 4.33. The molecule has 1 unspecified atom stereocenters. The van der Waals surface area contributed by atoms with E-state index in [2.05, 4.69) is 42.4 Å². The molecule has 0 heterocycles. The molecule has 1 amide bonds. The Hall–Kier alpha value is -2.38. The summed E-state index contributed by atoms with van der Waals surface area (Å²) < 4.78 is 13.0. The third kappa shape index (κ3) is 5.16. The summed E-state index contributed by atoms with van der Waals surface area (Å²) in [5, 5.41) is 6.18. The number of methoxy groups -OCH3 is 1. The van der Waals surface area contributed by atoms with Crippen LogP contribution in [0, 0.1) is 0 Å². The van der Waals surface area contributed by atoms with E-state index in [1.54, 1.807) is 13.3 Å². The van der Waals surface area contributed by atoms with Crippen LogP contribution < -0.4 is 14.9 Å². The molecule has 7 heteroatoms. The molecule has 0 spiro atoms. The molecule has 1 atom stereocenters. The van der Waals surface area contributed by atoms with E-state index in [1.807, 2.05) is 61.5 Å². The lowest BCUT2D eigenvalue weighted by Gasteiger charge is -2.17. The van der Waals surface area contributed by atoms with Crippen LogP contribution in [0.1, 0.15) is 18.9 Å². The van der Waals surface area contributed by atoms with Crippen molar-refractivity contribution >= 4 is 54.8 Å². The monoisotopic (exact) mass is 518 g/mol. The first kappa shape index (κ1) is 21.3. The summed E-state index contributed by atoms with van der Waals surface area (Å²) in [7, 11) is 1.58. The molecule has 3 aromatic rings. The Kier molecular flexibility index (Phi) is 7.28. The van der Waals surface area contributed by atoms with Crippen LogP contribution in [0.4, 0.5) is 0 Å². The van der Waals surface area contributed by atoms with Crippen LogP contribution in [-0.2, 0) is 4.79 Å². The second-order valence-electron chi connectivity index (χ2n) is 6.23. The van der Waals surface area contributed by atoms with Gasteiger partial charge in [-0.25, -0.2) is 5.43 Å². The number of ether oxygens (including phenoxy) is 2. The predicted molar refractivity (Wildman–Crippen MR) is 123 cm³/mol. The van der Waals surface area contributed by atoms with Crippen LogP contribution in [0.25, 0.3) is 10.8 Å². The highest BCUT2D eigenvalue weighted by Crippen LogP contribution is 2.33. The summed E-state index contributed by atoms with van der Waals surface area (Å²) in [4.78, 5) is 12.6. The molecule has 1 N–H and O–H groups in total. The van der Waals surface area contributed by atoms with Gasteiger partial charge >= 0.3 is 0 Å². The van der Waals surface area contributed by atoms with Gasteiger partial charge in [-0.05, 0) is 57.4 Å². The molecule has 0 fully saturated rings. The van der Waals surface area contributed by atoms with E-state index >= 15 is 0 Å². The second-order valence-corrected chi connectivity index (χ2v) is 7.94. The van der Waals surface area contributed by atoms with E-state index in [9.17, 15) is 4.79 Å². The number of nitrogens with zero attached hydrogens (tertiary/aromatic N) is 1. The quantitative estimate of drug-likeness (QED) is 0.322. The molecule has 0 aliphatic rings. The van der Waals surface area contributed by atoms with Crippen molar-refractivity contribution in [1.82, 2.24) is 5.43 Å². The Morgan fingerprint density at radius 1 is 1.14 bits per heavy atom. The average Bonchev–Trinajstić information content (AvgIpc) is 2.73. The lowest BCUT2D eigenvalue weighted by molar-refractivity contribution is -0.128. The fourth-order valence-corrected chi connectivity index (χ4v) is 3.79. The maximum absolute atomic E-state index is 12.6. The van der Waals surface area contributed by atoms with E-state index in [0.717, 1.165) is 25.3 Å². The van der Waals surface area contributed by atoms with Gasteiger partial charge in [0.25, 0.3) is 5.91 Å². The Balaban J connectivity index is 1.71. The summed E-state index contributed by atoms with van der Waals surface area (Å²) in [6.07, 6.45) is 1.37. The van der Waals surface area contributed by atoms with Crippen molar-refractivity contribution in [2.75, 3.05) is 7.11 Å². The van der Waals surface area contributed by atoms with E-state index in [-0.39, 0.29) is 5.91 Å². The van der Waals surface area contributed by atoms with Crippen LogP contribution in [0.3, 0.4) is 0 Å². The molecule has 0 aromatic heterocycles. The van der Waals surface area contributed by atoms with Gasteiger partial charge in [-0.3, -0.25) is 4.79 Å². The van der Waals surface area contributed by atoms with Crippen LogP contribution >= 0.6 is 31.9 Å². The fourth-order valence-electron chi connectivity index (χ4n) is 2.82. The Morgan fingerprint density at radius 2 is 1.90 bits per heavy atom. The number of nitrogens with one attached hydrogen (secondary N) is 1. The van der Waals surface area contributed by atoms with Crippen LogP contribution in [-0.4, -0.2) is 25.3 Å². The standard InChI is InChI=1S/C22H20Br2N2O3/c1-3-18(29-20-10-8-14-6-4-5-7-17(14)21(20)24)22(27)26-25-13-15-12-16(23)9-11-19(15)28-2/h4-13,18H,3H2,1-2H3,(H,26,27)/b25-13+. The number of fused-ring (bicyclic) bond motifs is 1.